The minimum absolute atomic E-state index is 0.0478. The summed E-state index contributed by atoms with van der Waals surface area (Å²) in [7, 11) is -2.28. The second kappa shape index (κ2) is 6.84. The lowest BCUT2D eigenvalue weighted by atomic mass is 10.0. The van der Waals surface area contributed by atoms with Gasteiger partial charge in [-0.2, -0.15) is 0 Å². The molecular formula is C17H16ClN3O5S. The van der Waals surface area contributed by atoms with Crippen molar-refractivity contribution in [3.63, 3.8) is 0 Å². The number of hydrogen-bond donors (Lipinski definition) is 3. The number of ether oxygens (including phenoxy) is 1. The van der Waals surface area contributed by atoms with E-state index in [1.54, 1.807) is 12.1 Å². The van der Waals surface area contributed by atoms with Crippen LogP contribution in [-0.4, -0.2) is 32.9 Å². The maximum atomic E-state index is 12.7. The van der Waals surface area contributed by atoms with Crippen molar-refractivity contribution >= 4 is 44.8 Å². The summed E-state index contributed by atoms with van der Waals surface area (Å²) in [4.78, 5) is 25.1. The predicted molar refractivity (Wildman–Crippen MR) is 100 cm³/mol. The number of amides is 2. The van der Waals surface area contributed by atoms with E-state index in [0.29, 0.717) is 22.1 Å². The van der Waals surface area contributed by atoms with Gasteiger partial charge in [0, 0.05) is 10.7 Å². The molecule has 0 aliphatic carbocycles. The van der Waals surface area contributed by atoms with E-state index < -0.39 is 27.4 Å². The van der Waals surface area contributed by atoms with Gasteiger partial charge in [0.1, 0.15) is 5.75 Å². The fraction of sp³-hybridized carbons (Fsp3) is 0.176. The summed E-state index contributed by atoms with van der Waals surface area (Å²) in [5.41, 5.74) is -1.12. The number of rotatable bonds is 4. The number of halogens is 1. The molecule has 10 heteroatoms. The molecule has 1 atom stereocenters. The summed E-state index contributed by atoms with van der Waals surface area (Å²) in [6.07, 6.45) is 0. The highest BCUT2D eigenvalue weighted by Crippen LogP contribution is 2.36. The summed E-state index contributed by atoms with van der Waals surface area (Å²) < 4.78 is 31.3. The van der Waals surface area contributed by atoms with Crippen LogP contribution in [0, 0.1) is 0 Å². The fourth-order valence-corrected chi connectivity index (χ4v) is 3.33. The fourth-order valence-electron chi connectivity index (χ4n) is 2.43. The van der Waals surface area contributed by atoms with Crippen LogP contribution in [0.1, 0.15) is 6.92 Å². The first-order valence-corrected chi connectivity index (χ1v) is 9.67. The van der Waals surface area contributed by atoms with E-state index in [0.717, 1.165) is 0 Å². The van der Waals surface area contributed by atoms with Gasteiger partial charge < -0.3 is 15.4 Å². The molecule has 0 radical (unpaired) electrons. The molecule has 0 saturated carbocycles. The lowest BCUT2D eigenvalue weighted by Crippen LogP contribution is -2.56. The van der Waals surface area contributed by atoms with Crippen molar-refractivity contribution in [2.45, 2.75) is 17.4 Å². The molecule has 142 valence electrons. The minimum atomic E-state index is -3.58. The molecule has 0 aromatic heterocycles. The van der Waals surface area contributed by atoms with Crippen LogP contribution in [0.2, 0.25) is 5.02 Å². The normalized spacial score (nSPS) is 18.9. The first-order chi connectivity index (χ1) is 12.7. The molecule has 3 rings (SSSR count). The molecule has 1 aliphatic heterocycles. The Hall–Kier alpha value is -2.62. The third-order valence-corrected chi connectivity index (χ3v) is 5.73. The molecule has 8 nitrogen and oxygen atoms in total. The summed E-state index contributed by atoms with van der Waals surface area (Å²) in [6.45, 7) is 1.34. The minimum Gasteiger partial charge on any atom is -0.466 e. The summed E-state index contributed by atoms with van der Waals surface area (Å²) >= 11 is 5.89. The van der Waals surface area contributed by atoms with Gasteiger partial charge in [0.2, 0.25) is 10.0 Å². The quantitative estimate of drug-likeness (QED) is 0.668. The Morgan fingerprint density at radius 1 is 1.19 bits per heavy atom. The zero-order chi connectivity index (χ0) is 19.8. The Morgan fingerprint density at radius 3 is 2.48 bits per heavy atom. The molecular weight excluding hydrogens is 394 g/mol. The number of fused-ring (bicyclic) bond motifs is 1. The molecule has 0 saturated heterocycles. The summed E-state index contributed by atoms with van der Waals surface area (Å²) in [5.74, 6) is -1.04. The third kappa shape index (κ3) is 3.61. The number of anilines is 2. The molecule has 1 heterocycles. The first kappa shape index (κ1) is 19.2. The number of hydrogen-bond acceptors (Lipinski definition) is 5. The average molecular weight is 410 g/mol. The van der Waals surface area contributed by atoms with Crippen LogP contribution in [0.4, 0.5) is 11.4 Å². The maximum Gasteiger partial charge on any atom is 0.278 e. The topological polar surface area (TPSA) is 114 Å². The van der Waals surface area contributed by atoms with Crippen LogP contribution in [0.15, 0.2) is 47.4 Å². The molecule has 3 N–H and O–H groups in total. The average Bonchev–Trinajstić information content (AvgIpc) is 2.63. The predicted octanol–water partition coefficient (Wildman–Crippen LogP) is 1.98. The number of nitrogens with one attached hydrogen (secondary N) is 3. The number of carbonyl (C=O) groups is 2. The van der Waals surface area contributed by atoms with Crippen LogP contribution in [0.25, 0.3) is 0 Å². The van der Waals surface area contributed by atoms with Crippen molar-refractivity contribution in [1.82, 2.24) is 4.72 Å². The van der Waals surface area contributed by atoms with Gasteiger partial charge in [0.05, 0.1) is 10.6 Å². The monoisotopic (exact) mass is 409 g/mol. The molecule has 2 amide bonds. The molecule has 0 bridgehead atoms. The zero-order valence-electron chi connectivity index (χ0n) is 14.4. The van der Waals surface area contributed by atoms with E-state index in [9.17, 15) is 18.0 Å². The van der Waals surface area contributed by atoms with E-state index >= 15 is 0 Å². The van der Waals surface area contributed by atoms with Crippen molar-refractivity contribution in [1.29, 1.82) is 0 Å². The van der Waals surface area contributed by atoms with Crippen molar-refractivity contribution in [2.75, 3.05) is 17.7 Å². The number of sulfonamides is 1. The van der Waals surface area contributed by atoms with Gasteiger partial charge in [0.15, 0.2) is 0 Å². The zero-order valence-corrected chi connectivity index (χ0v) is 15.9. The Balaban J connectivity index is 1.81. The van der Waals surface area contributed by atoms with Crippen molar-refractivity contribution in [2.24, 2.45) is 0 Å². The lowest BCUT2D eigenvalue weighted by molar-refractivity contribution is -0.143. The van der Waals surface area contributed by atoms with E-state index in [1.807, 2.05) is 0 Å². The van der Waals surface area contributed by atoms with Gasteiger partial charge in [-0.3, -0.25) is 9.59 Å². The Kier molecular flexibility index (Phi) is 4.85. The Labute approximate surface area is 160 Å². The van der Waals surface area contributed by atoms with Crippen molar-refractivity contribution in [3.8, 4) is 5.75 Å². The van der Waals surface area contributed by atoms with Crippen molar-refractivity contribution < 1.29 is 22.7 Å². The smallest absolute Gasteiger partial charge is 0.278 e. The molecule has 0 fully saturated rings. The number of carbonyl (C=O) groups excluding carboxylic acids is 2. The van der Waals surface area contributed by atoms with Crippen LogP contribution < -0.4 is 20.1 Å². The van der Waals surface area contributed by atoms with Crippen LogP contribution >= 0.6 is 11.6 Å². The summed E-state index contributed by atoms with van der Waals surface area (Å²) in [5, 5.41) is 5.57. The van der Waals surface area contributed by atoms with E-state index in [-0.39, 0.29) is 4.90 Å². The van der Waals surface area contributed by atoms with Gasteiger partial charge in [-0.1, -0.05) is 11.6 Å². The molecule has 2 aromatic rings. The molecule has 2 aromatic carbocycles. The van der Waals surface area contributed by atoms with Gasteiger partial charge in [-0.25, -0.2) is 13.1 Å². The Bertz CT molecular complexity index is 1020. The van der Waals surface area contributed by atoms with E-state index in [1.165, 1.54) is 44.3 Å². The van der Waals surface area contributed by atoms with Crippen molar-refractivity contribution in [3.05, 3.63) is 47.5 Å². The molecule has 27 heavy (non-hydrogen) atoms. The molecule has 1 aliphatic rings. The second-order valence-electron chi connectivity index (χ2n) is 5.92. The highest BCUT2D eigenvalue weighted by molar-refractivity contribution is 7.89. The van der Waals surface area contributed by atoms with Crippen LogP contribution in [-0.2, 0) is 19.6 Å². The first-order valence-electron chi connectivity index (χ1n) is 7.81. The number of benzene rings is 2. The van der Waals surface area contributed by atoms with Crippen LogP contribution in [0.5, 0.6) is 5.75 Å². The Morgan fingerprint density at radius 2 is 1.85 bits per heavy atom. The van der Waals surface area contributed by atoms with Crippen LogP contribution in [0.3, 0.4) is 0 Å². The summed E-state index contributed by atoms with van der Waals surface area (Å²) in [6, 6.07) is 10.2. The third-order valence-electron chi connectivity index (χ3n) is 4.06. The van der Waals surface area contributed by atoms with E-state index in [4.69, 9.17) is 16.3 Å². The van der Waals surface area contributed by atoms with Gasteiger partial charge in [0.25, 0.3) is 17.4 Å². The van der Waals surface area contributed by atoms with E-state index in [2.05, 4.69) is 15.4 Å². The largest absolute Gasteiger partial charge is 0.466 e. The highest BCUT2D eigenvalue weighted by Gasteiger charge is 2.47. The highest BCUT2D eigenvalue weighted by atomic mass is 35.5. The lowest BCUT2D eigenvalue weighted by Gasteiger charge is -2.33. The van der Waals surface area contributed by atoms with Gasteiger partial charge >= 0.3 is 0 Å². The standard InChI is InChI=1S/C17H16ClN3O5S/c1-17(16(23)21-13-9-10(18)3-8-14(13)26-17)15(22)20-11-4-6-12(7-5-11)27(24,25)19-2/h3-9,19H,1-2H3,(H,20,22)(H,21,23). The molecule has 1 unspecified atom stereocenters. The SMILES string of the molecule is CNS(=O)(=O)c1ccc(NC(=O)C2(C)Oc3ccc(Cl)cc3NC2=O)cc1. The molecule has 0 spiro atoms. The maximum absolute atomic E-state index is 12.7. The van der Waals surface area contributed by atoms with Gasteiger partial charge in [-0.05, 0) is 56.4 Å². The second-order valence-corrected chi connectivity index (χ2v) is 8.24. The van der Waals surface area contributed by atoms with Gasteiger partial charge in [-0.15, -0.1) is 0 Å².